The van der Waals surface area contributed by atoms with Gasteiger partial charge in [0.1, 0.15) is 11.5 Å². The van der Waals surface area contributed by atoms with Gasteiger partial charge in [-0.05, 0) is 13.0 Å². The Bertz CT molecular complexity index is 1120. The van der Waals surface area contributed by atoms with Crippen molar-refractivity contribution < 1.29 is 9.47 Å². The third-order valence-electron chi connectivity index (χ3n) is 5.31. The molecule has 0 saturated carbocycles. The van der Waals surface area contributed by atoms with Gasteiger partial charge in [0, 0.05) is 55.1 Å². The molecular weight excluding hydrogens is 412 g/mol. The van der Waals surface area contributed by atoms with E-state index < -0.39 is 0 Å². The first-order valence-electron chi connectivity index (χ1n) is 11.3. The molecule has 1 aromatic heterocycles. The van der Waals surface area contributed by atoms with Crippen molar-refractivity contribution in [3.8, 4) is 22.8 Å². The summed E-state index contributed by atoms with van der Waals surface area (Å²) in [6.07, 6.45) is 5.96. The van der Waals surface area contributed by atoms with Crippen molar-refractivity contribution in [2.24, 2.45) is 0 Å². The topological polar surface area (TPSA) is 59.5 Å². The summed E-state index contributed by atoms with van der Waals surface area (Å²) in [7, 11) is 3.34. The fourth-order valence-corrected chi connectivity index (χ4v) is 3.52. The molecule has 3 rings (SSSR count). The van der Waals surface area contributed by atoms with Gasteiger partial charge < -0.3 is 19.7 Å². The van der Waals surface area contributed by atoms with Gasteiger partial charge in [0.25, 0.3) is 0 Å². The molecule has 0 amide bonds. The minimum absolute atomic E-state index is 0.422. The number of hydrogen-bond acceptors (Lipinski definition) is 6. The molecule has 33 heavy (non-hydrogen) atoms. The number of methoxy groups -OCH3 is 2. The molecule has 0 fully saturated rings. The van der Waals surface area contributed by atoms with Crippen LogP contribution >= 0.6 is 0 Å². The molecule has 0 aliphatic carbocycles. The van der Waals surface area contributed by atoms with E-state index in [2.05, 4.69) is 47.3 Å². The van der Waals surface area contributed by atoms with Crippen molar-refractivity contribution in [2.75, 3.05) is 38.8 Å². The van der Waals surface area contributed by atoms with Crippen LogP contribution in [0.1, 0.15) is 20.8 Å². The Morgan fingerprint density at radius 3 is 2.30 bits per heavy atom. The fourth-order valence-electron chi connectivity index (χ4n) is 3.52. The van der Waals surface area contributed by atoms with Gasteiger partial charge in [0.15, 0.2) is 0 Å². The summed E-state index contributed by atoms with van der Waals surface area (Å²) in [5.74, 6) is 1.53. The van der Waals surface area contributed by atoms with Crippen molar-refractivity contribution in [1.82, 2.24) is 15.3 Å². The van der Waals surface area contributed by atoms with Crippen LogP contribution in [0.4, 0.5) is 5.69 Å². The van der Waals surface area contributed by atoms with Crippen LogP contribution < -0.4 is 30.4 Å². The van der Waals surface area contributed by atoms with Crippen LogP contribution in [0.3, 0.4) is 0 Å². The summed E-state index contributed by atoms with van der Waals surface area (Å²) < 4.78 is 11.0. The number of ether oxygens (including phenoxy) is 2. The highest BCUT2D eigenvalue weighted by Crippen LogP contribution is 2.28. The molecule has 0 unspecified atom stereocenters. The van der Waals surface area contributed by atoms with Gasteiger partial charge in [-0.3, -0.25) is 4.98 Å². The molecule has 0 bridgehead atoms. The van der Waals surface area contributed by atoms with Crippen molar-refractivity contribution in [3.05, 3.63) is 65.4 Å². The maximum absolute atomic E-state index is 5.49. The molecule has 0 aliphatic rings. The van der Waals surface area contributed by atoms with Gasteiger partial charge in [0.2, 0.25) is 0 Å². The Morgan fingerprint density at radius 1 is 1.00 bits per heavy atom. The number of rotatable bonds is 10. The van der Waals surface area contributed by atoms with E-state index >= 15 is 0 Å². The largest absolute Gasteiger partial charge is 0.497 e. The van der Waals surface area contributed by atoms with Gasteiger partial charge in [-0.1, -0.05) is 50.3 Å². The van der Waals surface area contributed by atoms with E-state index in [9.17, 15) is 0 Å². The minimum atomic E-state index is 0.422. The Kier molecular flexibility index (Phi) is 8.84. The lowest BCUT2D eigenvalue weighted by molar-refractivity contribution is 0.394. The van der Waals surface area contributed by atoms with Gasteiger partial charge >= 0.3 is 0 Å². The lowest BCUT2D eigenvalue weighted by Crippen LogP contribution is -2.37. The predicted octanol–water partition coefficient (Wildman–Crippen LogP) is 3.25. The zero-order chi connectivity index (χ0) is 23.6. The Balaban J connectivity index is 1.98. The lowest BCUT2D eigenvalue weighted by Gasteiger charge is -2.25. The van der Waals surface area contributed by atoms with Crippen molar-refractivity contribution >= 4 is 17.8 Å². The molecule has 6 heteroatoms. The van der Waals surface area contributed by atoms with Gasteiger partial charge in [0.05, 0.1) is 36.8 Å². The molecule has 2 aromatic carbocycles. The molecule has 6 nitrogen and oxygen atoms in total. The van der Waals surface area contributed by atoms with E-state index in [4.69, 9.17) is 14.5 Å². The summed E-state index contributed by atoms with van der Waals surface area (Å²) in [5.41, 5.74) is 2.95. The summed E-state index contributed by atoms with van der Waals surface area (Å²) >= 11 is 0. The minimum Gasteiger partial charge on any atom is -0.497 e. The van der Waals surface area contributed by atoms with E-state index in [1.807, 2.05) is 55.6 Å². The number of hydrogen-bond donors (Lipinski definition) is 1. The first-order valence-corrected chi connectivity index (χ1v) is 11.3. The highest BCUT2D eigenvalue weighted by atomic mass is 16.5. The van der Waals surface area contributed by atoms with E-state index in [0.717, 1.165) is 52.2 Å². The second-order valence-corrected chi connectivity index (χ2v) is 8.01. The van der Waals surface area contributed by atoms with Crippen LogP contribution in [0.15, 0.2) is 54.7 Å². The Labute approximate surface area is 196 Å². The third-order valence-corrected chi connectivity index (χ3v) is 5.31. The van der Waals surface area contributed by atoms with Crippen LogP contribution in [0.5, 0.6) is 11.5 Å². The molecule has 0 spiro atoms. The second kappa shape index (κ2) is 12.0. The van der Waals surface area contributed by atoms with E-state index in [1.165, 1.54) is 0 Å². The quantitative estimate of drug-likeness (QED) is 0.516. The molecule has 3 aromatic rings. The number of anilines is 1. The molecule has 0 atom stereocenters. The molecule has 174 valence electrons. The zero-order valence-electron chi connectivity index (χ0n) is 20.2. The average Bonchev–Trinajstić information content (AvgIpc) is 2.85. The van der Waals surface area contributed by atoms with E-state index in [1.54, 1.807) is 14.2 Å². The molecule has 0 aliphatic heterocycles. The smallest absolute Gasteiger partial charge is 0.124 e. The lowest BCUT2D eigenvalue weighted by atomic mass is 10.1. The van der Waals surface area contributed by atoms with Crippen molar-refractivity contribution in [3.63, 3.8) is 0 Å². The maximum Gasteiger partial charge on any atom is 0.124 e. The van der Waals surface area contributed by atoms with Crippen LogP contribution in [-0.2, 0) is 0 Å². The van der Waals surface area contributed by atoms with E-state index in [0.29, 0.717) is 12.6 Å². The Hall–Kier alpha value is -3.38. The second-order valence-electron chi connectivity index (χ2n) is 8.01. The first kappa shape index (κ1) is 24.3. The van der Waals surface area contributed by atoms with Crippen LogP contribution in [0.2, 0.25) is 0 Å². The highest BCUT2D eigenvalue weighted by molar-refractivity contribution is 5.59. The Morgan fingerprint density at radius 2 is 1.70 bits per heavy atom. The fraction of sp³-hybridized carbons (Fsp3) is 0.333. The van der Waals surface area contributed by atoms with Crippen molar-refractivity contribution in [2.45, 2.75) is 26.8 Å². The SMILES string of the molecule is C/C=c1/ncc(-c2ccccc2)n/c1=C/CN(CCNC(C)C)c1cc(OC)cc(OC)c1. The van der Waals surface area contributed by atoms with Crippen LogP contribution in [0, 0.1) is 0 Å². The monoisotopic (exact) mass is 446 g/mol. The maximum atomic E-state index is 5.49. The van der Waals surface area contributed by atoms with Crippen LogP contribution in [0.25, 0.3) is 23.4 Å². The van der Waals surface area contributed by atoms with Gasteiger partial charge in [-0.15, -0.1) is 0 Å². The number of nitrogens with one attached hydrogen (secondary N) is 1. The normalized spacial score (nSPS) is 12.3. The van der Waals surface area contributed by atoms with Gasteiger partial charge in [-0.25, -0.2) is 4.98 Å². The van der Waals surface area contributed by atoms with Crippen LogP contribution in [-0.4, -0.2) is 49.9 Å². The number of aromatic nitrogens is 2. The van der Waals surface area contributed by atoms with Gasteiger partial charge in [-0.2, -0.15) is 0 Å². The average molecular weight is 447 g/mol. The number of nitrogens with zero attached hydrogens (tertiary/aromatic N) is 3. The predicted molar refractivity (Wildman–Crippen MR) is 136 cm³/mol. The first-order chi connectivity index (χ1) is 16.0. The standard InChI is InChI=1S/C27H34N4O2/c1-6-25-26(30-27(19-29-25)21-10-8-7-9-11-21)12-14-31(15-13-28-20(2)3)22-16-23(32-4)18-24(17-22)33-5/h6-12,16-20,28H,13-15H2,1-5H3/b25-6+,26-12+. The number of benzene rings is 2. The highest BCUT2D eigenvalue weighted by Gasteiger charge is 2.10. The van der Waals surface area contributed by atoms with Crippen molar-refractivity contribution in [1.29, 1.82) is 0 Å². The van der Waals surface area contributed by atoms with E-state index in [-0.39, 0.29) is 0 Å². The molecule has 0 radical (unpaired) electrons. The third kappa shape index (κ3) is 6.80. The summed E-state index contributed by atoms with van der Waals surface area (Å²) in [5, 5.41) is 5.25. The summed E-state index contributed by atoms with van der Waals surface area (Å²) in [6.45, 7) is 8.64. The molecular formula is C27H34N4O2. The summed E-state index contributed by atoms with van der Waals surface area (Å²) in [6, 6.07) is 16.5. The molecule has 0 saturated heterocycles. The molecule has 1 heterocycles. The molecule has 1 N–H and O–H groups in total. The zero-order valence-corrected chi connectivity index (χ0v) is 20.2. The summed E-state index contributed by atoms with van der Waals surface area (Å²) in [4.78, 5) is 11.8.